The Bertz CT molecular complexity index is 723. The molecule has 4 nitrogen and oxygen atoms in total. The smallest absolute Gasteiger partial charge is 0.224 e. The number of hydrogen-bond acceptors (Lipinski definition) is 2. The van der Waals surface area contributed by atoms with Crippen LogP contribution in [0.15, 0.2) is 48.8 Å². The number of nitrogens with one attached hydrogen (secondary N) is 1. The SMILES string of the molecule is Cn1ccnc1[C@@H](NC(=O)[C@@H]1CC=CCC1)c1cccc(F)c1. The van der Waals surface area contributed by atoms with E-state index in [2.05, 4.69) is 16.4 Å². The normalized spacial score (nSPS) is 18.6. The molecule has 1 N–H and O–H groups in total. The summed E-state index contributed by atoms with van der Waals surface area (Å²) in [5.74, 6) is 0.329. The molecule has 0 fully saturated rings. The number of amides is 1. The molecule has 2 aromatic rings. The van der Waals surface area contributed by atoms with E-state index in [9.17, 15) is 9.18 Å². The average Bonchev–Trinajstić information content (AvgIpc) is 2.99. The number of carbonyl (C=O) groups is 1. The van der Waals surface area contributed by atoms with E-state index in [1.807, 2.05) is 30.0 Å². The van der Waals surface area contributed by atoms with E-state index >= 15 is 0 Å². The van der Waals surface area contributed by atoms with Crippen molar-refractivity contribution in [1.82, 2.24) is 14.9 Å². The van der Waals surface area contributed by atoms with E-state index in [-0.39, 0.29) is 17.6 Å². The summed E-state index contributed by atoms with van der Waals surface area (Å²) in [7, 11) is 1.87. The van der Waals surface area contributed by atoms with Gasteiger partial charge in [-0.2, -0.15) is 0 Å². The maximum absolute atomic E-state index is 13.6. The number of halogens is 1. The molecule has 23 heavy (non-hydrogen) atoms. The van der Waals surface area contributed by atoms with Gasteiger partial charge in [0, 0.05) is 25.4 Å². The second-order valence-electron chi connectivity index (χ2n) is 5.87. The topological polar surface area (TPSA) is 46.9 Å². The molecular formula is C18H20FN3O. The minimum Gasteiger partial charge on any atom is -0.342 e. The predicted octanol–water partition coefficient (Wildman–Crippen LogP) is 3.12. The van der Waals surface area contributed by atoms with Crippen molar-refractivity contribution in [2.75, 3.05) is 0 Å². The fraction of sp³-hybridized carbons (Fsp3) is 0.333. The van der Waals surface area contributed by atoms with Gasteiger partial charge in [0.1, 0.15) is 17.7 Å². The first-order valence-electron chi connectivity index (χ1n) is 7.83. The zero-order chi connectivity index (χ0) is 16.2. The zero-order valence-corrected chi connectivity index (χ0v) is 13.1. The molecule has 0 spiro atoms. The summed E-state index contributed by atoms with van der Waals surface area (Å²) in [4.78, 5) is 16.9. The van der Waals surface area contributed by atoms with Gasteiger partial charge in [-0.1, -0.05) is 24.3 Å². The molecule has 1 amide bonds. The highest BCUT2D eigenvalue weighted by Crippen LogP contribution is 2.24. The number of nitrogens with zero attached hydrogens (tertiary/aromatic N) is 2. The number of imidazole rings is 1. The lowest BCUT2D eigenvalue weighted by atomic mass is 9.93. The number of benzene rings is 1. The van der Waals surface area contributed by atoms with Gasteiger partial charge in [-0.15, -0.1) is 0 Å². The summed E-state index contributed by atoms with van der Waals surface area (Å²) in [6.07, 6.45) is 10.2. The van der Waals surface area contributed by atoms with Gasteiger partial charge in [-0.25, -0.2) is 9.37 Å². The maximum Gasteiger partial charge on any atom is 0.224 e. The van der Waals surface area contributed by atoms with Crippen LogP contribution >= 0.6 is 0 Å². The second kappa shape index (κ2) is 6.77. The van der Waals surface area contributed by atoms with Crippen LogP contribution in [0.4, 0.5) is 4.39 Å². The number of hydrogen-bond donors (Lipinski definition) is 1. The molecule has 0 aliphatic heterocycles. The molecule has 2 atom stereocenters. The van der Waals surface area contributed by atoms with Crippen LogP contribution < -0.4 is 5.32 Å². The Kier molecular flexibility index (Phi) is 4.55. The van der Waals surface area contributed by atoms with Crippen LogP contribution in [0.1, 0.15) is 36.7 Å². The van der Waals surface area contributed by atoms with E-state index in [1.165, 1.54) is 12.1 Å². The van der Waals surface area contributed by atoms with Crippen molar-refractivity contribution in [1.29, 1.82) is 0 Å². The highest BCUT2D eigenvalue weighted by Gasteiger charge is 2.25. The van der Waals surface area contributed by atoms with E-state index in [1.54, 1.807) is 12.3 Å². The van der Waals surface area contributed by atoms with Crippen molar-refractivity contribution >= 4 is 5.91 Å². The lowest BCUT2D eigenvalue weighted by molar-refractivity contribution is -0.125. The summed E-state index contributed by atoms with van der Waals surface area (Å²) in [6.45, 7) is 0. The van der Waals surface area contributed by atoms with Crippen molar-refractivity contribution in [3.8, 4) is 0 Å². The van der Waals surface area contributed by atoms with Gasteiger partial charge in [0.25, 0.3) is 0 Å². The molecule has 120 valence electrons. The molecule has 3 rings (SSSR count). The molecule has 0 saturated carbocycles. The monoisotopic (exact) mass is 313 g/mol. The fourth-order valence-electron chi connectivity index (χ4n) is 2.93. The zero-order valence-electron chi connectivity index (χ0n) is 13.1. The van der Waals surface area contributed by atoms with Gasteiger partial charge < -0.3 is 9.88 Å². The van der Waals surface area contributed by atoms with Gasteiger partial charge in [0.15, 0.2) is 0 Å². The summed E-state index contributed by atoms with van der Waals surface area (Å²) >= 11 is 0. The van der Waals surface area contributed by atoms with Crippen LogP contribution in [0.3, 0.4) is 0 Å². The Morgan fingerprint density at radius 3 is 2.96 bits per heavy atom. The van der Waals surface area contributed by atoms with E-state index < -0.39 is 6.04 Å². The van der Waals surface area contributed by atoms with Gasteiger partial charge in [-0.05, 0) is 37.0 Å². The highest BCUT2D eigenvalue weighted by atomic mass is 19.1. The summed E-state index contributed by atoms with van der Waals surface area (Å²) in [6, 6.07) is 5.84. The van der Waals surface area contributed by atoms with Gasteiger partial charge in [0.2, 0.25) is 5.91 Å². The summed E-state index contributed by atoms with van der Waals surface area (Å²) in [5.41, 5.74) is 0.694. The van der Waals surface area contributed by atoms with E-state index in [4.69, 9.17) is 0 Å². The largest absolute Gasteiger partial charge is 0.342 e. The number of aryl methyl sites for hydroxylation is 1. The Morgan fingerprint density at radius 2 is 2.30 bits per heavy atom. The molecule has 1 aliphatic carbocycles. The maximum atomic E-state index is 13.6. The third kappa shape index (κ3) is 3.50. The molecule has 0 saturated heterocycles. The molecular weight excluding hydrogens is 293 g/mol. The first-order valence-corrected chi connectivity index (χ1v) is 7.83. The molecule has 1 aromatic heterocycles. The van der Waals surface area contributed by atoms with Gasteiger partial charge >= 0.3 is 0 Å². The van der Waals surface area contributed by atoms with E-state index in [0.717, 1.165) is 19.3 Å². The Morgan fingerprint density at radius 1 is 1.43 bits per heavy atom. The van der Waals surface area contributed by atoms with Crippen molar-refractivity contribution in [2.45, 2.75) is 25.3 Å². The predicted molar refractivity (Wildman–Crippen MR) is 86.1 cm³/mol. The van der Waals surface area contributed by atoms with Gasteiger partial charge in [-0.3, -0.25) is 4.79 Å². The van der Waals surface area contributed by atoms with Crippen LogP contribution in [0, 0.1) is 11.7 Å². The number of carbonyl (C=O) groups excluding carboxylic acids is 1. The van der Waals surface area contributed by atoms with Crippen molar-refractivity contribution in [3.05, 3.63) is 66.0 Å². The summed E-state index contributed by atoms with van der Waals surface area (Å²) < 4.78 is 15.5. The Hall–Kier alpha value is -2.43. The number of rotatable bonds is 4. The van der Waals surface area contributed by atoms with Crippen molar-refractivity contribution < 1.29 is 9.18 Å². The highest BCUT2D eigenvalue weighted by molar-refractivity contribution is 5.79. The molecule has 0 bridgehead atoms. The average molecular weight is 313 g/mol. The van der Waals surface area contributed by atoms with Crippen molar-refractivity contribution in [3.63, 3.8) is 0 Å². The lowest BCUT2D eigenvalue weighted by Gasteiger charge is -2.23. The molecule has 0 unspecified atom stereocenters. The number of aromatic nitrogens is 2. The Labute approximate surface area is 135 Å². The van der Waals surface area contributed by atoms with Crippen LogP contribution in [-0.4, -0.2) is 15.5 Å². The van der Waals surface area contributed by atoms with Crippen LogP contribution in [0.2, 0.25) is 0 Å². The first-order chi connectivity index (χ1) is 11.1. The Balaban J connectivity index is 1.88. The van der Waals surface area contributed by atoms with Crippen LogP contribution in [-0.2, 0) is 11.8 Å². The minimum absolute atomic E-state index is 0.00777. The third-order valence-corrected chi connectivity index (χ3v) is 4.23. The third-order valence-electron chi connectivity index (χ3n) is 4.23. The van der Waals surface area contributed by atoms with Crippen molar-refractivity contribution in [2.24, 2.45) is 13.0 Å². The molecule has 1 aromatic carbocycles. The molecule has 1 aliphatic rings. The quantitative estimate of drug-likeness (QED) is 0.882. The van der Waals surface area contributed by atoms with E-state index in [0.29, 0.717) is 11.4 Å². The molecule has 1 heterocycles. The number of allylic oxidation sites excluding steroid dienone is 2. The van der Waals surface area contributed by atoms with Crippen LogP contribution in [0.5, 0.6) is 0 Å². The molecule has 0 radical (unpaired) electrons. The van der Waals surface area contributed by atoms with Gasteiger partial charge in [0.05, 0.1) is 0 Å². The van der Waals surface area contributed by atoms with Crippen LogP contribution in [0.25, 0.3) is 0 Å². The lowest BCUT2D eigenvalue weighted by Crippen LogP contribution is -2.36. The first kappa shape index (κ1) is 15.5. The fourth-order valence-corrected chi connectivity index (χ4v) is 2.93. The molecule has 5 heteroatoms. The minimum atomic E-state index is -0.455. The summed E-state index contributed by atoms with van der Waals surface area (Å²) in [5, 5.41) is 3.05. The standard InChI is InChI=1S/C18H20FN3O/c1-22-11-10-20-17(22)16(14-8-5-9-15(19)12-14)21-18(23)13-6-3-2-4-7-13/h2-3,5,8-13,16H,4,6-7H2,1H3,(H,21,23)/t13-,16+/m1/s1. The second-order valence-corrected chi connectivity index (χ2v) is 5.87.